The Labute approximate surface area is 180 Å². The summed E-state index contributed by atoms with van der Waals surface area (Å²) < 4.78 is 47.7. The summed E-state index contributed by atoms with van der Waals surface area (Å²) in [5.41, 5.74) is 0.935. The van der Waals surface area contributed by atoms with Gasteiger partial charge in [0, 0.05) is 24.5 Å². The van der Waals surface area contributed by atoms with Gasteiger partial charge in [-0.15, -0.1) is 13.2 Å². The van der Waals surface area contributed by atoms with Crippen LogP contribution in [0.2, 0.25) is 0 Å². The van der Waals surface area contributed by atoms with E-state index in [1.54, 1.807) is 18.2 Å². The van der Waals surface area contributed by atoms with E-state index in [-0.39, 0.29) is 28.9 Å². The van der Waals surface area contributed by atoms with Gasteiger partial charge in [0.15, 0.2) is 0 Å². The molecule has 170 valence electrons. The average molecular weight is 438 g/mol. The lowest BCUT2D eigenvalue weighted by atomic mass is 9.77. The third kappa shape index (κ3) is 4.29. The smallest absolute Gasteiger partial charge is 0.405 e. The van der Waals surface area contributed by atoms with Crippen LogP contribution in [0.25, 0.3) is 0 Å². The van der Waals surface area contributed by atoms with E-state index in [9.17, 15) is 18.0 Å². The first kappa shape index (κ1) is 21.1. The Morgan fingerprint density at radius 2 is 1.81 bits per heavy atom. The number of hydrogen-bond acceptors (Lipinski definition) is 4. The van der Waals surface area contributed by atoms with Crippen molar-refractivity contribution in [2.75, 3.05) is 39.4 Å². The van der Waals surface area contributed by atoms with E-state index < -0.39 is 6.36 Å². The summed E-state index contributed by atoms with van der Waals surface area (Å²) in [5, 5.41) is 0. The molecule has 1 aliphatic carbocycles. The van der Waals surface area contributed by atoms with Crippen LogP contribution in [0.4, 0.5) is 13.2 Å². The van der Waals surface area contributed by atoms with Crippen molar-refractivity contribution in [1.82, 2.24) is 9.80 Å². The quantitative estimate of drug-likeness (QED) is 0.718. The van der Waals surface area contributed by atoms with Crippen molar-refractivity contribution >= 4 is 5.91 Å². The molecule has 0 aromatic heterocycles. The number of hydrogen-bond donors (Lipinski definition) is 0. The molecule has 31 heavy (non-hydrogen) atoms. The average Bonchev–Trinajstić information content (AvgIpc) is 3.11. The zero-order valence-corrected chi connectivity index (χ0v) is 17.6. The second-order valence-corrected chi connectivity index (χ2v) is 9.72. The van der Waals surface area contributed by atoms with E-state index in [2.05, 4.69) is 9.64 Å². The van der Waals surface area contributed by atoms with Crippen LogP contribution in [0.15, 0.2) is 24.3 Å². The summed E-state index contributed by atoms with van der Waals surface area (Å²) in [7, 11) is 0. The largest absolute Gasteiger partial charge is 0.573 e. The lowest BCUT2D eigenvalue weighted by Crippen LogP contribution is -2.61. The van der Waals surface area contributed by atoms with Gasteiger partial charge in [-0.25, -0.2) is 0 Å². The highest BCUT2D eigenvalue weighted by molar-refractivity contribution is 5.80. The molecule has 8 heteroatoms. The number of halogens is 3. The normalized spacial score (nSPS) is 27.2. The highest BCUT2D eigenvalue weighted by Gasteiger charge is 2.52. The highest BCUT2D eigenvalue weighted by atomic mass is 19.4. The lowest BCUT2D eigenvalue weighted by Gasteiger charge is -2.50. The van der Waals surface area contributed by atoms with E-state index in [0.29, 0.717) is 24.8 Å². The van der Waals surface area contributed by atoms with Gasteiger partial charge in [0.05, 0.1) is 19.1 Å². The molecule has 0 N–H and O–H groups in total. The Kier molecular flexibility index (Phi) is 5.41. The highest BCUT2D eigenvalue weighted by Crippen LogP contribution is 2.48. The molecule has 0 unspecified atom stereocenters. The predicted molar refractivity (Wildman–Crippen MR) is 108 cm³/mol. The number of rotatable bonds is 4. The van der Waals surface area contributed by atoms with Crippen LogP contribution in [0.5, 0.6) is 5.75 Å². The topological polar surface area (TPSA) is 42.0 Å². The molecule has 1 atom stereocenters. The molecule has 5 rings (SSSR count). The molecule has 1 aromatic rings. The summed E-state index contributed by atoms with van der Waals surface area (Å²) in [4.78, 5) is 16.9. The number of carbonyl (C=O) groups excluding carboxylic acids is 1. The first-order valence-electron chi connectivity index (χ1n) is 11.3. The van der Waals surface area contributed by atoms with Crippen LogP contribution in [0.1, 0.15) is 43.6 Å². The maximum atomic E-state index is 12.8. The van der Waals surface area contributed by atoms with Gasteiger partial charge in [-0.05, 0) is 62.7 Å². The number of ether oxygens (including phenoxy) is 2. The summed E-state index contributed by atoms with van der Waals surface area (Å²) in [6.07, 6.45) is 0.439. The number of nitrogens with zero attached hydrogens (tertiary/aromatic N) is 2. The van der Waals surface area contributed by atoms with Crippen molar-refractivity contribution in [2.45, 2.75) is 50.4 Å². The van der Waals surface area contributed by atoms with Crippen molar-refractivity contribution in [2.24, 2.45) is 11.3 Å². The molecular formula is C23H29F3N2O3. The number of alkyl halides is 3. The zero-order chi connectivity index (χ0) is 21.6. The molecule has 4 aliphatic rings. The Bertz CT molecular complexity index is 813. The zero-order valence-electron chi connectivity index (χ0n) is 17.6. The van der Waals surface area contributed by atoms with Gasteiger partial charge >= 0.3 is 6.36 Å². The molecule has 3 saturated heterocycles. The standard InChI is InChI=1S/C23H29F3N2O3/c24-23(25,26)31-20-4-2-1-3-19(20)16-6-9-27(10-7-16)18-5-8-22(11-18)14-28(15-22)21(29)17-12-30-13-17/h1-4,16-18H,5-15H2/t18-/m1/s1. The van der Waals surface area contributed by atoms with E-state index in [1.165, 1.54) is 6.07 Å². The molecule has 1 aromatic carbocycles. The van der Waals surface area contributed by atoms with E-state index in [1.807, 2.05) is 4.90 Å². The fourth-order valence-electron chi connectivity index (χ4n) is 5.94. The molecule has 3 heterocycles. The van der Waals surface area contributed by atoms with Crippen molar-refractivity contribution in [3.63, 3.8) is 0 Å². The van der Waals surface area contributed by atoms with E-state index in [4.69, 9.17) is 4.74 Å². The van der Waals surface area contributed by atoms with Crippen molar-refractivity contribution in [1.29, 1.82) is 0 Å². The molecule has 1 amide bonds. The van der Waals surface area contributed by atoms with Gasteiger partial charge in [-0.3, -0.25) is 4.79 Å². The third-order valence-electron chi connectivity index (χ3n) is 7.66. The molecule has 1 saturated carbocycles. The fourth-order valence-corrected chi connectivity index (χ4v) is 5.94. The molecule has 0 bridgehead atoms. The second-order valence-electron chi connectivity index (χ2n) is 9.72. The number of piperidine rings is 1. The SMILES string of the molecule is O=C(C1COC1)N1CC2(CC[C@@H](N3CCC(c4ccccc4OC(F)(F)F)CC3)C2)C1. The Morgan fingerprint density at radius 3 is 2.45 bits per heavy atom. The van der Waals surface area contributed by atoms with Crippen molar-refractivity contribution < 1.29 is 27.4 Å². The van der Waals surface area contributed by atoms with Crippen LogP contribution in [-0.2, 0) is 9.53 Å². The molecular weight excluding hydrogens is 409 g/mol. The Balaban J connectivity index is 1.13. The van der Waals surface area contributed by atoms with E-state index >= 15 is 0 Å². The summed E-state index contributed by atoms with van der Waals surface area (Å²) >= 11 is 0. The van der Waals surface area contributed by atoms with Gasteiger partial charge in [-0.2, -0.15) is 0 Å². The van der Waals surface area contributed by atoms with Gasteiger partial charge in [0.25, 0.3) is 0 Å². The number of likely N-dealkylation sites (tertiary alicyclic amines) is 2. The van der Waals surface area contributed by atoms with Crippen molar-refractivity contribution in [3.05, 3.63) is 29.8 Å². The maximum Gasteiger partial charge on any atom is 0.573 e. The summed E-state index contributed by atoms with van der Waals surface area (Å²) in [6.45, 7) is 4.67. The molecule has 5 nitrogen and oxygen atoms in total. The number of benzene rings is 1. The van der Waals surface area contributed by atoms with Gasteiger partial charge in [0.1, 0.15) is 5.75 Å². The van der Waals surface area contributed by atoms with Crippen LogP contribution >= 0.6 is 0 Å². The minimum absolute atomic E-state index is 0.0654. The van der Waals surface area contributed by atoms with Gasteiger partial charge in [-0.1, -0.05) is 18.2 Å². The first-order valence-corrected chi connectivity index (χ1v) is 11.3. The molecule has 0 radical (unpaired) electrons. The van der Waals surface area contributed by atoms with Crippen molar-refractivity contribution in [3.8, 4) is 5.75 Å². The summed E-state index contributed by atoms with van der Waals surface area (Å²) in [5.74, 6) is 0.342. The maximum absolute atomic E-state index is 12.8. The first-order chi connectivity index (χ1) is 14.8. The second kappa shape index (κ2) is 7.96. The third-order valence-corrected chi connectivity index (χ3v) is 7.66. The fraction of sp³-hybridized carbons (Fsp3) is 0.696. The summed E-state index contributed by atoms with van der Waals surface area (Å²) in [6, 6.07) is 7.06. The van der Waals surface area contributed by atoms with Crippen LogP contribution < -0.4 is 4.74 Å². The molecule has 1 spiro atoms. The minimum Gasteiger partial charge on any atom is -0.405 e. The Morgan fingerprint density at radius 1 is 1.10 bits per heavy atom. The molecule has 3 aliphatic heterocycles. The lowest BCUT2D eigenvalue weighted by molar-refractivity contribution is -0.275. The van der Waals surface area contributed by atoms with Crippen LogP contribution in [0, 0.1) is 11.3 Å². The van der Waals surface area contributed by atoms with E-state index in [0.717, 1.165) is 58.3 Å². The number of para-hydroxylation sites is 1. The number of carbonyl (C=O) groups is 1. The monoisotopic (exact) mass is 438 g/mol. The number of amides is 1. The van der Waals surface area contributed by atoms with Crippen LogP contribution in [0.3, 0.4) is 0 Å². The van der Waals surface area contributed by atoms with Gasteiger partial charge in [0.2, 0.25) is 5.91 Å². The predicted octanol–water partition coefficient (Wildman–Crippen LogP) is 3.79. The van der Waals surface area contributed by atoms with Gasteiger partial charge < -0.3 is 19.3 Å². The van der Waals surface area contributed by atoms with Crippen LogP contribution in [-0.4, -0.2) is 67.5 Å². The molecule has 4 fully saturated rings. The minimum atomic E-state index is -4.67. The Hall–Kier alpha value is -1.80.